The van der Waals surface area contributed by atoms with Gasteiger partial charge in [-0.1, -0.05) is 0 Å². The second kappa shape index (κ2) is 5.44. The Balaban J connectivity index is 2.19. The molecule has 2 heterocycles. The second-order valence-electron chi connectivity index (χ2n) is 3.99. The van der Waals surface area contributed by atoms with Crippen LogP contribution in [0.3, 0.4) is 0 Å². The highest BCUT2D eigenvalue weighted by molar-refractivity contribution is 5.97. The Morgan fingerprint density at radius 3 is 3.11 bits per heavy atom. The minimum Gasteiger partial charge on any atom is -0.469 e. The number of ether oxygens (including phenoxy) is 1. The molecule has 0 unspecified atom stereocenters. The SMILES string of the molecule is COC(=O)CCCc1ccnc2[nH]cc(C=O)c12. The lowest BCUT2D eigenvalue weighted by molar-refractivity contribution is -0.140. The number of carbonyl (C=O) groups is 2. The molecule has 2 rings (SSSR count). The van der Waals surface area contributed by atoms with Crippen molar-refractivity contribution in [2.45, 2.75) is 19.3 Å². The third-order valence-electron chi connectivity index (χ3n) is 2.87. The molecular weight excluding hydrogens is 232 g/mol. The Kier molecular flexibility index (Phi) is 3.72. The minimum atomic E-state index is -0.218. The van der Waals surface area contributed by atoms with Crippen molar-refractivity contribution in [2.75, 3.05) is 7.11 Å². The Hall–Kier alpha value is -2.17. The number of hydrogen-bond donors (Lipinski definition) is 1. The van der Waals surface area contributed by atoms with E-state index in [-0.39, 0.29) is 5.97 Å². The van der Waals surface area contributed by atoms with Gasteiger partial charge in [-0.2, -0.15) is 0 Å². The summed E-state index contributed by atoms with van der Waals surface area (Å²) in [4.78, 5) is 29.1. The molecule has 0 saturated heterocycles. The number of aldehydes is 1. The van der Waals surface area contributed by atoms with Crippen LogP contribution in [-0.2, 0) is 16.0 Å². The maximum atomic E-state index is 11.0. The average molecular weight is 246 g/mol. The molecule has 0 aromatic carbocycles. The van der Waals surface area contributed by atoms with E-state index in [1.165, 1.54) is 7.11 Å². The predicted molar refractivity (Wildman–Crippen MR) is 66.4 cm³/mol. The van der Waals surface area contributed by atoms with Crippen molar-refractivity contribution >= 4 is 23.3 Å². The summed E-state index contributed by atoms with van der Waals surface area (Å²) < 4.78 is 4.59. The van der Waals surface area contributed by atoms with Crippen molar-refractivity contribution in [3.05, 3.63) is 29.6 Å². The largest absolute Gasteiger partial charge is 0.469 e. The molecule has 0 saturated carbocycles. The number of H-pyrrole nitrogens is 1. The molecule has 0 atom stereocenters. The van der Waals surface area contributed by atoms with Gasteiger partial charge in [0, 0.05) is 29.8 Å². The van der Waals surface area contributed by atoms with E-state index in [0.717, 1.165) is 17.2 Å². The summed E-state index contributed by atoms with van der Waals surface area (Å²) in [7, 11) is 1.38. The molecule has 0 radical (unpaired) electrons. The highest BCUT2D eigenvalue weighted by atomic mass is 16.5. The maximum Gasteiger partial charge on any atom is 0.305 e. The van der Waals surface area contributed by atoms with Crippen LogP contribution in [0.15, 0.2) is 18.5 Å². The first-order chi connectivity index (χ1) is 8.76. The van der Waals surface area contributed by atoms with Crippen molar-refractivity contribution in [1.29, 1.82) is 0 Å². The summed E-state index contributed by atoms with van der Waals surface area (Å²) in [6, 6.07) is 1.88. The second-order valence-corrected chi connectivity index (χ2v) is 3.99. The molecule has 5 heteroatoms. The molecular formula is C13H14N2O3. The quantitative estimate of drug-likeness (QED) is 0.645. The van der Waals surface area contributed by atoms with Crippen LogP contribution >= 0.6 is 0 Å². The van der Waals surface area contributed by atoms with Crippen LogP contribution in [0.25, 0.3) is 11.0 Å². The van der Waals surface area contributed by atoms with Gasteiger partial charge in [-0.15, -0.1) is 0 Å². The van der Waals surface area contributed by atoms with E-state index in [1.54, 1.807) is 12.4 Å². The van der Waals surface area contributed by atoms with E-state index in [2.05, 4.69) is 14.7 Å². The number of aromatic nitrogens is 2. The van der Waals surface area contributed by atoms with Crippen LogP contribution in [0.4, 0.5) is 0 Å². The summed E-state index contributed by atoms with van der Waals surface area (Å²) in [5.41, 5.74) is 2.33. The number of aromatic amines is 1. The number of fused-ring (bicyclic) bond motifs is 1. The molecule has 2 aromatic rings. The number of rotatable bonds is 5. The Bertz CT molecular complexity index is 575. The van der Waals surface area contributed by atoms with Crippen LogP contribution < -0.4 is 0 Å². The van der Waals surface area contributed by atoms with Crippen molar-refractivity contribution in [3.8, 4) is 0 Å². The fourth-order valence-electron chi connectivity index (χ4n) is 1.98. The molecule has 2 aromatic heterocycles. The van der Waals surface area contributed by atoms with Gasteiger partial charge in [-0.3, -0.25) is 9.59 Å². The number of methoxy groups -OCH3 is 1. The van der Waals surface area contributed by atoms with Crippen LogP contribution in [0.5, 0.6) is 0 Å². The van der Waals surface area contributed by atoms with Crippen LogP contribution in [0, 0.1) is 0 Å². The van der Waals surface area contributed by atoms with Gasteiger partial charge in [0.05, 0.1) is 7.11 Å². The van der Waals surface area contributed by atoms with E-state index in [1.807, 2.05) is 6.07 Å². The summed E-state index contributed by atoms with van der Waals surface area (Å²) in [6.45, 7) is 0. The Labute approximate surface area is 104 Å². The zero-order valence-electron chi connectivity index (χ0n) is 10.1. The van der Waals surface area contributed by atoms with Crippen LogP contribution in [-0.4, -0.2) is 29.3 Å². The van der Waals surface area contributed by atoms with Crippen molar-refractivity contribution in [3.63, 3.8) is 0 Å². The average Bonchev–Trinajstić information content (AvgIpc) is 2.82. The highest BCUT2D eigenvalue weighted by Crippen LogP contribution is 2.21. The fourth-order valence-corrected chi connectivity index (χ4v) is 1.98. The molecule has 0 spiro atoms. The normalized spacial score (nSPS) is 10.5. The van der Waals surface area contributed by atoms with Crippen molar-refractivity contribution < 1.29 is 14.3 Å². The highest BCUT2D eigenvalue weighted by Gasteiger charge is 2.09. The van der Waals surface area contributed by atoms with Gasteiger partial charge >= 0.3 is 5.97 Å². The van der Waals surface area contributed by atoms with Gasteiger partial charge < -0.3 is 9.72 Å². The van der Waals surface area contributed by atoms with E-state index >= 15 is 0 Å². The molecule has 0 fully saturated rings. The first-order valence-electron chi connectivity index (χ1n) is 5.73. The predicted octanol–water partition coefficient (Wildman–Crippen LogP) is 1.87. The number of carbonyl (C=O) groups excluding carboxylic acids is 2. The minimum absolute atomic E-state index is 0.218. The number of hydrogen-bond acceptors (Lipinski definition) is 4. The number of esters is 1. The number of nitrogens with zero attached hydrogens (tertiary/aromatic N) is 1. The van der Waals surface area contributed by atoms with E-state index < -0.39 is 0 Å². The Morgan fingerprint density at radius 1 is 1.56 bits per heavy atom. The third kappa shape index (κ3) is 2.40. The fraction of sp³-hybridized carbons (Fsp3) is 0.308. The van der Waals surface area contributed by atoms with E-state index in [4.69, 9.17) is 0 Å². The smallest absolute Gasteiger partial charge is 0.305 e. The molecule has 18 heavy (non-hydrogen) atoms. The standard InChI is InChI=1S/C13H14N2O3/c1-18-11(17)4-2-3-9-5-6-14-13-12(9)10(8-16)7-15-13/h5-8H,2-4H2,1H3,(H,14,15). The lowest BCUT2D eigenvalue weighted by Gasteiger charge is -2.03. The van der Waals surface area contributed by atoms with Crippen molar-refractivity contribution in [1.82, 2.24) is 9.97 Å². The lowest BCUT2D eigenvalue weighted by Crippen LogP contribution is -2.01. The van der Waals surface area contributed by atoms with Gasteiger partial charge in [-0.25, -0.2) is 4.98 Å². The topological polar surface area (TPSA) is 72.0 Å². The summed E-state index contributed by atoms with van der Waals surface area (Å²) in [5, 5.41) is 0.845. The lowest BCUT2D eigenvalue weighted by atomic mass is 10.0. The number of aryl methyl sites for hydroxylation is 1. The first-order valence-corrected chi connectivity index (χ1v) is 5.73. The molecule has 94 valence electrons. The zero-order valence-corrected chi connectivity index (χ0v) is 10.1. The van der Waals surface area contributed by atoms with Crippen molar-refractivity contribution in [2.24, 2.45) is 0 Å². The van der Waals surface area contributed by atoms with Crippen LogP contribution in [0.2, 0.25) is 0 Å². The van der Waals surface area contributed by atoms with Gasteiger partial charge in [0.25, 0.3) is 0 Å². The molecule has 0 aliphatic rings. The summed E-state index contributed by atoms with van der Waals surface area (Å²) in [6.07, 6.45) is 5.93. The molecule has 0 aliphatic carbocycles. The van der Waals surface area contributed by atoms with Gasteiger partial charge in [0.2, 0.25) is 0 Å². The van der Waals surface area contributed by atoms with E-state index in [0.29, 0.717) is 30.5 Å². The van der Waals surface area contributed by atoms with Gasteiger partial charge in [0.1, 0.15) is 5.65 Å². The van der Waals surface area contributed by atoms with Gasteiger partial charge in [-0.05, 0) is 24.5 Å². The first kappa shape index (κ1) is 12.3. The van der Waals surface area contributed by atoms with Gasteiger partial charge in [0.15, 0.2) is 6.29 Å². The molecule has 1 N–H and O–H groups in total. The number of pyridine rings is 1. The number of nitrogens with one attached hydrogen (secondary N) is 1. The Morgan fingerprint density at radius 2 is 2.39 bits per heavy atom. The molecule has 0 aliphatic heterocycles. The van der Waals surface area contributed by atoms with Crippen LogP contribution in [0.1, 0.15) is 28.8 Å². The molecule has 0 amide bonds. The summed E-state index contributed by atoms with van der Waals surface area (Å²) >= 11 is 0. The third-order valence-corrected chi connectivity index (χ3v) is 2.87. The molecule has 0 bridgehead atoms. The monoisotopic (exact) mass is 246 g/mol. The maximum absolute atomic E-state index is 11.0. The van der Waals surface area contributed by atoms with E-state index in [9.17, 15) is 9.59 Å². The summed E-state index contributed by atoms with van der Waals surface area (Å²) in [5.74, 6) is -0.218. The molecule has 5 nitrogen and oxygen atoms in total. The zero-order chi connectivity index (χ0) is 13.0.